The minimum atomic E-state index is -0.0222. The maximum absolute atomic E-state index is 12.8. The van der Waals surface area contributed by atoms with Gasteiger partial charge in [0.05, 0.1) is 17.3 Å². The lowest BCUT2D eigenvalue weighted by molar-refractivity contribution is 0.0774. The molecule has 0 saturated carbocycles. The van der Waals surface area contributed by atoms with E-state index in [1.807, 2.05) is 0 Å². The SMILES string of the molecule is Cn1ncc(Cl)c1C(=O)C1CCCN1C1CCNCC1. The summed E-state index contributed by atoms with van der Waals surface area (Å²) < 4.78 is 1.60. The first-order chi connectivity index (χ1) is 9.68. The molecule has 0 radical (unpaired) electrons. The molecule has 3 heterocycles. The Morgan fingerprint density at radius 3 is 2.80 bits per heavy atom. The molecule has 1 atom stereocenters. The van der Waals surface area contributed by atoms with Gasteiger partial charge in [-0.05, 0) is 45.3 Å². The number of carbonyl (C=O) groups excluding carboxylic acids is 1. The van der Waals surface area contributed by atoms with Crippen LogP contribution in [0.5, 0.6) is 0 Å². The van der Waals surface area contributed by atoms with Crippen LogP contribution in [0.2, 0.25) is 5.02 Å². The van der Waals surface area contributed by atoms with Crippen LogP contribution in [0.15, 0.2) is 6.20 Å². The van der Waals surface area contributed by atoms with Gasteiger partial charge in [-0.2, -0.15) is 5.10 Å². The number of hydrogen-bond acceptors (Lipinski definition) is 4. The van der Waals surface area contributed by atoms with Crippen LogP contribution in [0.3, 0.4) is 0 Å². The number of nitrogens with one attached hydrogen (secondary N) is 1. The van der Waals surface area contributed by atoms with Gasteiger partial charge in [-0.1, -0.05) is 11.6 Å². The number of likely N-dealkylation sites (tertiary alicyclic amines) is 1. The fraction of sp³-hybridized carbons (Fsp3) is 0.714. The maximum atomic E-state index is 12.8. The zero-order chi connectivity index (χ0) is 14.1. The van der Waals surface area contributed by atoms with Gasteiger partial charge in [0.2, 0.25) is 0 Å². The molecular formula is C14H21ClN4O. The van der Waals surface area contributed by atoms with E-state index in [4.69, 9.17) is 11.6 Å². The van der Waals surface area contributed by atoms with Crippen molar-refractivity contribution in [3.05, 3.63) is 16.9 Å². The molecule has 110 valence electrons. The van der Waals surface area contributed by atoms with E-state index in [-0.39, 0.29) is 11.8 Å². The number of aryl methyl sites for hydroxylation is 1. The van der Waals surface area contributed by atoms with Gasteiger partial charge in [-0.3, -0.25) is 14.4 Å². The van der Waals surface area contributed by atoms with Crippen LogP contribution in [0.4, 0.5) is 0 Å². The standard InChI is InChI=1S/C14H21ClN4O/c1-18-13(11(15)9-17-18)14(20)12-3-2-8-19(12)10-4-6-16-7-5-10/h9-10,12,16H,2-8H2,1H3. The summed E-state index contributed by atoms with van der Waals surface area (Å²) in [7, 11) is 1.78. The highest BCUT2D eigenvalue weighted by molar-refractivity contribution is 6.33. The van der Waals surface area contributed by atoms with Crippen molar-refractivity contribution in [2.24, 2.45) is 7.05 Å². The van der Waals surface area contributed by atoms with Crippen molar-refractivity contribution >= 4 is 17.4 Å². The normalized spacial score (nSPS) is 25.2. The fourth-order valence-corrected chi connectivity index (χ4v) is 3.75. The fourth-order valence-electron chi connectivity index (χ4n) is 3.49. The highest BCUT2D eigenvalue weighted by atomic mass is 35.5. The zero-order valence-electron chi connectivity index (χ0n) is 11.8. The molecule has 1 aromatic heterocycles. The van der Waals surface area contributed by atoms with Crippen molar-refractivity contribution in [3.8, 4) is 0 Å². The number of aromatic nitrogens is 2. The molecule has 20 heavy (non-hydrogen) atoms. The molecular weight excluding hydrogens is 276 g/mol. The van der Waals surface area contributed by atoms with E-state index < -0.39 is 0 Å². The van der Waals surface area contributed by atoms with Gasteiger partial charge >= 0.3 is 0 Å². The van der Waals surface area contributed by atoms with Gasteiger partial charge in [-0.15, -0.1) is 0 Å². The lowest BCUT2D eigenvalue weighted by atomic mass is 10.0. The quantitative estimate of drug-likeness (QED) is 0.858. The van der Waals surface area contributed by atoms with E-state index in [1.165, 1.54) is 0 Å². The Morgan fingerprint density at radius 2 is 2.15 bits per heavy atom. The van der Waals surface area contributed by atoms with Gasteiger partial charge in [0.25, 0.3) is 0 Å². The van der Waals surface area contributed by atoms with Crippen molar-refractivity contribution in [2.75, 3.05) is 19.6 Å². The summed E-state index contributed by atoms with van der Waals surface area (Å²) in [6.07, 6.45) is 5.84. The van der Waals surface area contributed by atoms with E-state index in [2.05, 4.69) is 15.3 Å². The summed E-state index contributed by atoms with van der Waals surface area (Å²) in [4.78, 5) is 15.2. The lowest BCUT2D eigenvalue weighted by Crippen LogP contribution is -2.48. The van der Waals surface area contributed by atoms with Crippen LogP contribution in [-0.2, 0) is 7.05 Å². The third kappa shape index (κ3) is 2.50. The number of halogens is 1. The molecule has 2 fully saturated rings. The first-order valence-corrected chi connectivity index (χ1v) is 7.74. The summed E-state index contributed by atoms with van der Waals surface area (Å²) in [5.74, 6) is 0.131. The van der Waals surface area contributed by atoms with Crippen molar-refractivity contribution in [1.82, 2.24) is 20.0 Å². The van der Waals surface area contributed by atoms with E-state index >= 15 is 0 Å². The van der Waals surface area contributed by atoms with E-state index in [1.54, 1.807) is 17.9 Å². The Labute approximate surface area is 124 Å². The number of piperidine rings is 1. The molecule has 1 unspecified atom stereocenters. The van der Waals surface area contributed by atoms with Gasteiger partial charge in [0.15, 0.2) is 5.78 Å². The highest BCUT2D eigenvalue weighted by Gasteiger charge is 2.37. The van der Waals surface area contributed by atoms with Gasteiger partial charge in [-0.25, -0.2) is 0 Å². The molecule has 0 amide bonds. The Kier molecular flexibility index (Phi) is 4.10. The number of nitrogens with zero attached hydrogens (tertiary/aromatic N) is 3. The molecule has 0 aromatic carbocycles. The largest absolute Gasteiger partial charge is 0.317 e. The molecule has 0 aliphatic carbocycles. The second-order valence-electron chi connectivity index (χ2n) is 5.71. The second kappa shape index (κ2) is 5.84. The molecule has 2 aliphatic rings. The topological polar surface area (TPSA) is 50.2 Å². The Balaban J connectivity index is 1.79. The summed E-state index contributed by atoms with van der Waals surface area (Å²) in [5, 5.41) is 7.93. The molecule has 2 saturated heterocycles. The van der Waals surface area contributed by atoms with Crippen molar-refractivity contribution in [1.29, 1.82) is 0 Å². The Morgan fingerprint density at radius 1 is 1.40 bits per heavy atom. The number of hydrogen-bond donors (Lipinski definition) is 1. The number of Topliss-reactive ketones (excluding diaryl/α,β-unsaturated/α-hetero) is 1. The minimum Gasteiger partial charge on any atom is -0.317 e. The maximum Gasteiger partial charge on any atom is 0.199 e. The van der Waals surface area contributed by atoms with Crippen LogP contribution < -0.4 is 5.32 Å². The average molecular weight is 297 g/mol. The second-order valence-corrected chi connectivity index (χ2v) is 6.11. The summed E-state index contributed by atoms with van der Waals surface area (Å²) in [5.41, 5.74) is 0.553. The Bertz CT molecular complexity index is 476. The third-order valence-electron chi connectivity index (χ3n) is 4.50. The van der Waals surface area contributed by atoms with Crippen molar-refractivity contribution in [3.63, 3.8) is 0 Å². The molecule has 5 nitrogen and oxygen atoms in total. The van der Waals surface area contributed by atoms with Crippen LogP contribution in [-0.4, -0.2) is 52.2 Å². The van der Waals surface area contributed by atoms with Gasteiger partial charge in [0, 0.05) is 13.1 Å². The summed E-state index contributed by atoms with van der Waals surface area (Å²) in [6.45, 7) is 3.12. The van der Waals surface area contributed by atoms with Gasteiger partial charge < -0.3 is 5.32 Å². The molecule has 6 heteroatoms. The highest BCUT2D eigenvalue weighted by Crippen LogP contribution is 2.28. The summed E-state index contributed by atoms with van der Waals surface area (Å²) in [6, 6.07) is 0.505. The molecule has 1 aromatic rings. The predicted octanol–water partition coefficient (Wildman–Crippen LogP) is 1.47. The first-order valence-electron chi connectivity index (χ1n) is 7.36. The molecule has 0 spiro atoms. The van der Waals surface area contributed by atoms with E-state index in [0.29, 0.717) is 16.8 Å². The molecule has 2 aliphatic heterocycles. The van der Waals surface area contributed by atoms with Crippen LogP contribution in [0.1, 0.15) is 36.2 Å². The number of ketones is 1. The van der Waals surface area contributed by atoms with Crippen molar-refractivity contribution < 1.29 is 4.79 Å². The third-order valence-corrected chi connectivity index (χ3v) is 4.78. The Hall–Kier alpha value is -0.910. The van der Waals surface area contributed by atoms with E-state index in [0.717, 1.165) is 45.3 Å². The molecule has 1 N–H and O–H groups in total. The smallest absolute Gasteiger partial charge is 0.199 e. The number of rotatable bonds is 3. The molecule has 3 rings (SSSR count). The van der Waals surface area contributed by atoms with Crippen LogP contribution in [0.25, 0.3) is 0 Å². The average Bonchev–Trinajstić information content (AvgIpc) is 3.07. The van der Waals surface area contributed by atoms with Gasteiger partial charge in [0.1, 0.15) is 5.69 Å². The minimum absolute atomic E-state index is 0.0222. The van der Waals surface area contributed by atoms with Crippen molar-refractivity contribution in [2.45, 2.75) is 37.8 Å². The predicted molar refractivity (Wildman–Crippen MR) is 78.2 cm³/mol. The van der Waals surface area contributed by atoms with Crippen LogP contribution >= 0.6 is 11.6 Å². The van der Waals surface area contributed by atoms with Crippen LogP contribution in [0, 0.1) is 0 Å². The summed E-state index contributed by atoms with van der Waals surface area (Å²) >= 11 is 6.12. The number of carbonyl (C=O) groups is 1. The first kappa shape index (κ1) is 14.0. The molecule has 0 bridgehead atoms. The lowest BCUT2D eigenvalue weighted by Gasteiger charge is -2.35. The van der Waals surface area contributed by atoms with E-state index in [9.17, 15) is 4.79 Å². The zero-order valence-corrected chi connectivity index (χ0v) is 12.6. The monoisotopic (exact) mass is 296 g/mol.